The highest BCUT2D eigenvalue weighted by Crippen LogP contribution is 2.62. The first kappa shape index (κ1) is 21.3. The van der Waals surface area contributed by atoms with Crippen molar-refractivity contribution in [3.8, 4) is 0 Å². The molecule has 1 fully saturated rings. The fourth-order valence-electron chi connectivity index (χ4n) is 3.31. The Bertz CT molecular complexity index is 570. The van der Waals surface area contributed by atoms with Gasteiger partial charge in [-0.25, -0.2) is 0 Å². The van der Waals surface area contributed by atoms with E-state index < -0.39 is 50.3 Å². The second-order valence-corrected chi connectivity index (χ2v) is 9.80. The van der Waals surface area contributed by atoms with Gasteiger partial charge < -0.3 is 29.8 Å². The smallest absolute Gasteiger partial charge is 0.343 e. The van der Waals surface area contributed by atoms with Crippen LogP contribution in [0, 0.1) is 5.92 Å². The molecule has 0 radical (unpaired) electrons. The molecule has 2 atom stereocenters. The molecule has 0 heterocycles. The van der Waals surface area contributed by atoms with Gasteiger partial charge in [-0.15, -0.1) is 0 Å². The topological polar surface area (TPSA) is 190 Å². The summed E-state index contributed by atoms with van der Waals surface area (Å²) in [5.41, 5.74) is -2.50. The number of carbonyl (C=O) groups is 2. The summed E-state index contributed by atoms with van der Waals surface area (Å²) in [6.07, 6.45) is 1.47. The summed E-state index contributed by atoms with van der Waals surface area (Å²) >= 11 is 0. The van der Waals surface area contributed by atoms with E-state index in [0.717, 1.165) is 12.8 Å². The van der Waals surface area contributed by atoms with Crippen molar-refractivity contribution in [2.45, 2.75) is 55.8 Å². The molecule has 0 amide bonds. The van der Waals surface area contributed by atoms with Gasteiger partial charge >= 0.3 is 27.1 Å². The molecule has 24 heavy (non-hydrogen) atoms. The average molecular weight is 388 g/mol. The van der Waals surface area contributed by atoms with Crippen LogP contribution in [-0.2, 0) is 18.7 Å². The Morgan fingerprint density at radius 1 is 0.958 bits per heavy atom. The van der Waals surface area contributed by atoms with Crippen molar-refractivity contribution in [1.29, 1.82) is 0 Å². The van der Waals surface area contributed by atoms with Gasteiger partial charge in [0, 0.05) is 6.42 Å². The van der Waals surface area contributed by atoms with Crippen LogP contribution >= 0.6 is 15.2 Å². The van der Waals surface area contributed by atoms with Gasteiger partial charge in [0.1, 0.15) is 0 Å². The molecule has 10 nitrogen and oxygen atoms in total. The summed E-state index contributed by atoms with van der Waals surface area (Å²) in [5.74, 6) is -4.98. The van der Waals surface area contributed by atoms with Crippen molar-refractivity contribution in [1.82, 2.24) is 0 Å². The molecule has 1 rings (SSSR count). The van der Waals surface area contributed by atoms with Crippen LogP contribution in [0.5, 0.6) is 0 Å². The summed E-state index contributed by atoms with van der Waals surface area (Å²) in [6.45, 7) is 0. The summed E-state index contributed by atoms with van der Waals surface area (Å²) in [5, 5.41) is 15.8. The Labute approximate surface area is 138 Å². The van der Waals surface area contributed by atoms with E-state index >= 15 is 0 Å². The SMILES string of the molecule is O=C(O)C(CC(C(=O)O)(C1CCCCCC1)P(=O)(O)O)P(=O)(O)O. The predicted octanol–water partition coefficient (Wildman–Crippen LogP) is 0.979. The maximum atomic E-state index is 12.1. The van der Waals surface area contributed by atoms with E-state index in [0.29, 0.717) is 12.8 Å². The lowest BCUT2D eigenvalue weighted by Gasteiger charge is -2.38. The standard InChI is InChI=1S/C12H22O10P2/c13-10(14)9(23(17,18)19)7-12(11(15)16,24(20,21)22)8-5-3-1-2-4-6-8/h8-9H,1-7H2,(H,13,14)(H,15,16)(H2,17,18,19)(H2,20,21,22). The molecular formula is C12H22O10P2. The van der Waals surface area contributed by atoms with Gasteiger partial charge in [0.05, 0.1) is 0 Å². The first-order valence-corrected chi connectivity index (χ1v) is 10.7. The molecule has 0 aromatic rings. The highest BCUT2D eigenvalue weighted by atomic mass is 31.2. The third kappa shape index (κ3) is 4.45. The van der Waals surface area contributed by atoms with Crippen LogP contribution in [0.2, 0.25) is 0 Å². The van der Waals surface area contributed by atoms with E-state index in [4.69, 9.17) is 5.11 Å². The molecule has 0 aromatic carbocycles. The van der Waals surface area contributed by atoms with E-state index in [9.17, 15) is 43.4 Å². The van der Waals surface area contributed by atoms with Gasteiger partial charge in [0.25, 0.3) is 0 Å². The quantitative estimate of drug-likeness (QED) is 0.271. The van der Waals surface area contributed by atoms with E-state index in [2.05, 4.69) is 0 Å². The minimum absolute atomic E-state index is 0.144. The zero-order valence-corrected chi connectivity index (χ0v) is 14.6. The van der Waals surface area contributed by atoms with Crippen LogP contribution in [0.25, 0.3) is 0 Å². The molecule has 6 N–H and O–H groups in total. The van der Waals surface area contributed by atoms with Crippen LogP contribution in [0.1, 0.15) is 44.9 Å². The van der Waals surface area contributed by atoms with Gasteiger partial charge in [0.2, 0.25) is 0 Å². The number of hydrogen-bond acceptors (Lipinski definition) is 4. The molecule has 2 unspecified atom stereocenters. The molecule has 0 bridgehead atoms. The van der Waals surface area contributed by atoms with Gasteiger partial charge in [0.15, 0.2) is 10.8 Å². The van der Waals surface area contributed by atoms with Crippen LogP contribution in [0.4, 0.5) is 0 Å². The molecular weight excluding hydrogens is 366 g/mol. The lowest BCUT2D eigenvalue weighted by Crippen LogP contribution is -2.49. The largest absolute Gasteiger partial charge is 0.481 e. The normalized spacial score (nSPS) is 21.5. The predicted molar refractivity (Wildman–Crippen MR) is 81.7 cm³/mol. The second kappa shape index (κ2) is 7.64. The molecule has 12 heteroatoms. The Kier molecular flexibility index (Phi) is 6.77. The Morgan fingerprint density at radius 3 is 1.71 bits per heavy atom. The van der Waals surface area contributed by atoms with Crippen molar-refractivity contribution in [3.63, 3.8) is 0 Å². The third-order valence-corrected chi connectivity index (χ3v) is 7.61. The monoisotopic (exact) mass is 388 g/mol. The number of carboxylic acid groups (broad SMARTS) is 2. The van der Waals surface area contributed by atoms with Crippen LogP contribution in [0.15, 0.2) is 0 Å². The van der Waals surface area contributed by atoms with E-state index in [-0.39, 0.29) is 12.8 Å². The van der Waals surface area contributed by atoms with Gasteiger partial charge in [-0.2, -0.15) is 0 Å². The zero-order chi connectivity index (χ0) is 18.8. The Hall–Kier alpha value is -0.760. The van der Waals surface area contributed by atoms with Crippen molar-refractivity contribution >= 4 is 27.1 Å². The van der Waals surface area contributed by atoms with E-state index in [1.165, 1.54) is 0 Å². The number of rotatable bonds is 7. The fourth-order valence-corrected chi connectivity index (χ4v) is 5.67. The molecule has 0 aromatic heterocycles. The minimum atomic E-state index is -5.42. The van der Waals surface area contributed by atoms with Crippen molar-refractivity contribution in [3.05, 3.63) is 0 Å². The van der Waals surface area contributed by atoms with E-state index in [1.807, 2.05) is 0 Å². The molecule has 0 spiro atoms. The molecule has 1 aliphatic rings. The average Bonchev–Trinajstić information content (AvgIpc) is 2.64. The maximum Gasteiger partial charge on any atom is 0.343 e. The van der Waals surface area contributed by atoms with Crippen molar-refractivity contribution < 1.29 is 48.5 Å². The van der Waals surface area contributed by atoms with Crippen LogP contribution in [0.3, 0.4) is 0 Å². The lowest BCUT2D eigenvalue weighted by molar-refractivity contribution is -0.143. The van der Waals surface area contributed by atoms with Crippen LogP contribution < -0.4 is 0 Å². The molecule has 1 saturated carbocycles. The van der Waals surface area contributed by atoms with Crippen molar-refractivity contribution in [2.75, 3.05) is 0 Å². The number of hydrogen-bond donors (Lipinski definition) is 6. The van der Waals surface area contributed by atoms with Gasteiger partial charge in [-0.05, 0) is 18.8 Å². The van der Waals surface area contributed by atoms with Gasteiger partial charge in [-0.1, -0.05) is 25.7 Å². The maximum absolute atomic E-state index is 12.1. The van der Waals surface area contributed by atoms with Crippen LogP contribution in [-0.4, -0.2) is 52.5 Å². The van der Waals surface area contributed by atoms with E-state index in [1.54, 1.807) is 0 Å². The minimum Gasteiger partial charge on any atom is -0.481 e. The molecule has 0 aliphatic heterocycles. The lowest BCUT2D eigenvalue weighted by atomic mass is 9.82. The first-order valence-electron chi connectivity index (χ1n) is 7.41. The Morgan fingerprint density at radius 2 is 1.42 bits per heavy atom. The second-order valence-electron chi connectivity index (χ2n) is 6.11. The summed E-state index contributed by atoms with van der Waals surface area (Å²) < 4.78 is 23.5. The fraction of sp³-hybridized carbons (Fsp3) is 0.833. The van der Waals surface area contributed by atoms with Gasteiger partial charge in [-0.3, -0.25) is 18.7 Å². The highest BCUT2D eigenvalue weighted by molar-refractivity contribution is 7.55. The Balaban J connectivity index is 3.46. The summed E-state index contributed by atoms with van der Waals surface area (Å²) in [7, 11) is -10.7. The number of aliphatic carboxylic acids is 2. The molecule has 0 saturated heterocycles. The van der Waals surface area contributed by atoms with Crippen molar-refractivity contribution in [2.24, 2.45) is 5.92 Å². The number of carboxylic acids is 2. The summed E-state index contributed by atoms with van der Waals surface area (Å²) in [6, 6.07) is 0. The highest BCUT2D eigenvalue weighted by Gasteiger charge is 2.62. The first-order chi connectivity index (χ1) is 10.8. The third-order valence-electron chi connectivity index (χ3n) is 4.62. The zero-order valence-electron chi connectivity index (χ0n) is 12.8. The summed E-state index contributed by atoms with van der Waals surface area (Å²) in [4.78, 5) is 60.9. The molecule has 140 valence electrons. The molecule has 1 aliphatic carbocycles.